The van der Waals surface area contributed by atoms with Crippen LogP contribution in [-0.2, 0) is 4.74 Å². The molecule has 0 bridgehead atoms. The van der Waals surface area contributed by atoms with Crippen molar-refractivity contribution in [3.8, 4) is 0 Å². The third-order valence-electron chi connectivity index (χ3n) is 4.31. The Labute approximate surface area is 104 Å². The summed E-state index contributed by atoms with van der Waals surface area (Å²) in [6.07, 6.45) is 6.28. The third kappa shape index (κ3) is 2.99. The highest BCUT2D eigenvalue weighted by molar-refractivity contribution is 5.87. The summed E-state index contributed by atoms with van der Waals surface area (Å²) >= 11 is 0. The number of likely N-dealkylation sites (tertiary alicyclic amines) is 1. The number of hydrogen-bond acceptors (Lipinski definition) is 4. The van der Waals surface area contributed by atoms with Crippen LogP contribution in [0.1, 0.15) is 39.0 Å². The van der Waals surface area contributed by atoms with E-state index < -0.39 is 0 Å². The maximum Gasteiger partial charge on any atom is 0.0624 e. The highest BCUT2D eigenvalue weighted by Gasteiger charge is 2.31. The molecule has 0 amide bonds. The minimum atomic E-state index is 0.386. The van der Waals surface area contributed by atoms with E-state index in [-0.39, 0.29) is 0 Å². The largest absolute Gasteiger partial charge is 0.411 e. The van der Waals surface area contributed by atoms with E-state index in [2.05, 4.69) is 17.0 Å². The number of rotatable bonds is 2. The number of nitrogens with zero attached hydrogens (tertiary/aromatic N) is 2. The molecule has 1 saturated heterocycles. The van der Waals surface area contributed by atoms with Crippen molar-refractivity contribution in [3.63, 3.8) is 0 Å². The van der Waals surface area contributed by atoms with E-state index in [0.717, 1.165) is 31.6 Å². The summed E-state index contributed by atoms with van der Waals surface area (Å²) in [6, 6.07) is 0.663. The molecule has 98 valence electrons. The van der Waals surface area contributed by atoms with E-state index in [1.807, 2.05) is 7.11 Å². The molecule has 1 aliphatic carbocycles. The first-order valence-corrected chi connectivity index (χ1v) is 6.72. The fraction of sp³-hybridized carbons (Fsp3) is 0.923. The smallest absolute Gasteiger partial charge is 0.0624 e. The molecule has 0 aromatic rings. The van der Waals surface area contributed by atoms with E-state index in [1.165, 1.54) is 19.3 Å². The van der Waals surface area contributed by atoms with Gasteiger partial charge in [-0.3, -0.25) is 4.90 Å². The minimum Gasteiger partial charge on any atom is -0.411 e. The van der Waals surface area contributed by atoms with Crippen molar-refractivity contribution in [1.82, 2.24) is 4.90 Å². The molecule has 4 heteroatoms. The molecule has 2 fully saturated rings. The van der Waals surface area contributed by atoms with E-state index in [4.69, 9.17) is 9.94 Å². The molecule has 1 saturated carbocycles. The zero-order valence-electron chi connectivity index (χ0n) is 10.9. The summed E-state index contributed by atoms with van der Waals surface area (Å²) in [5, 5.41) is 12.3. The average Bonchev–Trinajstić information content (AvgIpc) is 2.38. The predicted octanol–water partition coefficient (Wildman–Crippen LogP) is 2.12. The van der Waals surface area contributed by atoms with E-state index in [0.29, 0.717) is 18.1 Å². The van der Waals surface area contributed by atoms with Crippen molar-refractivity contribution in [1.29, 1.82) is 0 Å². The first-order valence-electron chi connectivity index (χ1n) is 6.72. The van der Waals surface area contributed by atoms with Gasteiger partial charge in [-0.1, -0.05) is 12.1 Å². The zero-order valence-corrected chi connectivity index (χ0v) is 10.9. The van der Waals surface area contributed by atoms with Gasteiger partial charge < -0.3 is 9.94 Å². The lowest BCUT2D eigenvalue weighted by molar-refractivity contribution is 0.0243. The molecule has 3 unspecified atom stereocenters. The van der Waals surface area contributed by atoms with Gasteiger partial charge in [-0.25, -0.2) is 0 Å². The first-order chi connectivity index (χ1) is 8.24. The van der Waals surface area contributed by atoms with E-state index >= 15 is 0 Å². The maximum absolute atomic E-state index is 8.89. The Morgan fingerprint density at radius 1 is 1.41 bits per heavy atom. The lowest BCUT2D eigenvalue weighted by Gasteiger charge is -2.41. The molecule has 1 N–H and O–H groups in total. The molecule has 0 aromatic heterocycles. The quantitative estimate of drug-likeness (QED) is 0.594. The molecule has 1 heterocycles. The Balaban J connectivity index is 1.90. The second-order valence-corrected chi connectivity index (χ2v) is 5.42. The van der Waals surface area contributed by atoms with Gasteiger partial charge in [0.25, 0.3) is 0 Å². The van der Waals surface area contributed by atoms with Crippen molar-refractivity contribution >= 4 is 5.71 Å². The van der Waals surface area contributed by atoms with Gasteiger partial charge in [0, 0.05) is 38.6 Å². The van der Waals surface area contributed by atoms with Crippen molar-refractivity contribution in [2.75, 3.05) is 20.2 Å². The molecular weight excluding hydrogens is 216 g/mol. The van der Waals surface area contributed by atoms with Gasteiger partial charge in [-0.15, -0.1) is 0 Å². The summed E-state index contributed by atoms with van der Waals surface area (Å²) in [7, 11) is 1.82. The Morgan fingerprint density at radius 2 is 2.24 bits per heavy atom. The molecule has 2 rings (SSSR count). The first kappa shape index (κ1) is 12.8. The van der Waals surface area contributed by atoms with Gasteiger partial charge in [-0.05, 0) is 25.7 Å². The second-order valence-electron chi connectivity index (χ2n) is 5.42. The summed E-state index contributed by atoms with van der Waals surface area (Å²) in [5.41, 5.74) is 0.959. The van der Waals surface area contributed by atoms with Crippen molar-refractivity contribution in [2.24, 2.45) is 11.1 Å². The highest BCUT2D eigenvalue weighted by Crippen LogP contribution is 2.27. The summed E-state index contributed by atoms with van der Waals surface area (Å²) < 4.78 is 5.49. The van der Waals surface area contributed by atoms with Crippen LogP contribution in [0.2, 0.25) is 0 Å². The molecule has 0 spiro atoms. The molecule has 0 radical (unpaired) electrons. The molecule has 17 heavy (non-hydrogen) atoms. The molecule has 4 nitrogen and oxygen atoms in total. The fourth-order valence-corrected chi connectivity index (χ4v) is 3.20. The second kappa shape index (κ2) is 5.83. The van der Waals surface area contributed by atoms with Crippen molar-refractivity contribution in [3.05, 3.63) is 0 Å². The lowest BCUT2D eigenvalue weighted by Crippen LogP contribution is -2.48. The molecule has 3 atom stereocenters. The Morgan fingerprint density at radius 3 is 2.88 bits per heavy atom. The van der Waals surface area contributed by atoms with Gasteiger partial charge in [0.2, 0.25) is 0 Å². The summed E-state index contributed by atoms with van der Waals surface area (Å²) in [5.74, 6) is 0.386. The van der Waals surface area contributed by atoms with Gasteiger partial charge in [0.15, 0.2) is 0 Å². The Kier molecular flexibility index (Phi) is 4.40. The molecular formula is C13H24N2O2. The van der Waals surface area contributed by atoms with Crippen LogP contribution in [0.3, 0.4) is 0 Å². The number of methoxy groups -OCH3 is 1. The third-order valence-corrected chi connectivity index (χ3v) is 4.31. The van der Waals surface area contributed by atoms with Crippen LogP contribution in [0.25, 0.3) is 0 Å². The number of piperidine rings is 1. The normalized spacial score (nSPS) is 38.5. The topological polar surface area (TPSA) is 45.1 Å². The number of ether oxygens (including phenoxy) is 1. The van der Waals surface area contributed by atoms with Gasteiger partial charge >= 0.3 is 0 Å². The molecule has 1 aliphatic heterocycles. The summed E-state index contributed by atoms with van der Waals surface area (Å²) in [4.78, 5) is 2.56. The van der Waals surface area contributed by atoms with Crippen molar-refractivity contribution in [2.45, 2.75) is 51.2 Å². The monoisotopic (exact) mass is 240 g/mol. The summed E-state index contributed by atoms with van der Waals surface area (Å²) in [6.45, 7) is 4.21. The zero-order chi connectivity index (χ0) is 12.3. The Hall–Kier alpha value is -0.610. The molecule has 2 aliphatic rings. The molecule has 0 aromatic carbocycles. The van der Waals surface area contributed by atoms with Crippen molar-refractivity contribution < 1.29 is 9.94 Å². The number of oxime groups is 1. The van der Waals surface area contributed by atoms with Crippen LogP contribution in [0.5, 0.6) is 0 Å². The fourth-order valence-electron chi connectivity index (χ4n) is 3.20. The van der Waals surface area contributed by atoms with Crippen LogP contribution in [0, 0.1) is 5.92 Å². The van der Waals surface area contributed by atoms with Crippen LogP contribution in [-0.4, -0.2) is 48.2 Å². The maximum atomic E-state index is 8.89. The van der Waals surface area contributed by atoms with E-state index in [1.54, 1.807) is 0 Å². The highest BCUT2D eigenvalue weighted by atomic mass is 16.5. The van der Waals surface area contributed by atoms with Crippen LogP contribution >= 0.6 is 0 Å². The standard InChI is InChI=1S/C13H24N2O2/c1-10-9-15(7-6-13(10)14-16)11-4-3-5-12(8-11)17-2/h10-12,16H,3-9H2,1-2H3. The van der Waals surface area contributed by atoms with Gasteiger partial charge in [-0.2, -0.15) is 0 Å². The predicted molar refractivity (Wildman–Crippen MR) is 67.6 cm³/mol. The van der Waals surface area contributed by atoms with Crippen LogP contribution < -0.4 is 0 Å². The van der Waals surface area contributed by atoms with E-state index in [9.17, 15) is 0 Å². The number of hydrogen-bond donors (Lipinski definition) is 1. The van der Waals surface area contributed by atoms with Crippen LogP contribution in [0.15, 0.2) is 5.16 Å². The Bertz CT molecular complexity index is 281. The van der Waals surface area contributed by atoms with Gasteiger partial charge in [0.1, 0.15) is 0 Å². The van der Waals surface area contributed by atoms with Gasteiger partial charge in [0.05, 0.1) is 11.8 Å². The minimum absolute atomic E-state index is 0.386. The van der Waals surface area contributed by atoms with Crippen LogP contribution in [0.4, 0.5) is 0 Å². The SMILES string of the molecule is COC1CCCC(N2CCC(=NO)C(C)C2)C1. The lowest BCUT2D eigenvalue weighted by atomic mass is 9.88. The average molecular weight is 240 g/mol.